The normalized spacial score (nSPS) is 12.3. The second-order valence-corrected chi connectivity index (χ2v) is 7.09. The number of carbonyl (C=O) groups excluding carboxylic acids is 1. The minimum absolute atomic E-state index is 0.148. The summed E-state index contributed by atoms with van der Waals surface area (Å²) in [6.07, 6.45) is 3.16. The number of nitrogens with one attached hydrogen (secondary N) is 1. The fourth-order valence-corrected chi connectivity index (χ4v) is 3.44. The molecular formula is C21H15ClN4O4. The van der Waals surface area contributed by atoms with Crippen LogP contribution in [0.1, 0.15) is 0 Å². The Labute approximate surface area is 175 Å². The molecule has 3 heterocycles. The van der Waals surface area contributed by atoms with Gasteiger partial charge in [-0.05, 0) is 36.4 Å². The van der Waals surface area contributed by atoms with E-state index in [9.17, 15) is 9.59 Å². The van der Waals surface area contributed by atoms with Crippen molar-refractivity contribution in [1.29, 1.82) is 0 Å². The molecule has 8 nitrogen and oxygen atoms in total. The van der Waals surface area contributed by atoms with Crippen molar-refractivity contribution in [2.75, 3.05) is 12.1 Å². The van der Waals surface area contributed by atoms with Gasteiger partial charge in [0.15, 0.2) is 11.5 Å². The molecular weight excluding hydrogens is 408 g/mol. The number of halogens is 1. The Balaban J connectivity index is 1.42. The third kappa shape index (κ3) is 3.27. The SMILES string of the molecule is O=C(Cn1ccn2nc(-c3ccc4c(c3)OCO4)cc2c1=O)Nc1ccccc1Cl. The summed E-state index contributed by atoms with van der Waals surface area (Å²) in [5.41, 5.74) is 1.93. The number of carbonyl (C=O) groups is 1. The van der Waals surface area contributed by atoms with Crippen molar-refractivity contribution >= 4 is 28.7 Å². The summed E-state index contributed by atoms with van der Waals surface area (Å²) in [6, 6.07) is 14.1. The minimum Gasteiger partial charge on any atom is -0.454 e. The number of fused-ring (bicyclic) bond motifs is 2. The Bertz CT molecular complexity index is 1340. The van der Waals surface area contributed by atoms with Crippen LogP contribution in [0.5, 0.6) is 11.5 Å². The predicted molar refractivity (Wildman–Crippen MR) is 111 cm³/mol. The lowest BCUT2D eigenvalue weighted by Crippen LogP contribution is -2.28. The molecule has 0 saturated carbocycles. The van der Waals surface area contributed by atoms with Crippen LogP contribution in [0.3, 0.4) is 0 Å². The van der Waals surface area contributed by atoms with E-state index >= 15 is 0 Å². The van der Waals surface area contributed by atoms with Crippen LogP contribution in [-0.2, 0) is 11.3 Å². The summed E-state index contributed by atoms with van der Waals surface area (Å²) >= 11 is 6.07. The number of ether oxygens (including phenoxy) is 2. The van der Waals surface area contributed by atoms with Gasteiger partial charge >= 0.3 is 0 Å². The zero-order valence-corrected chi connectivity index (χ0v) is 16.3. The lowest BCUT2D eigenvalue weighted by atomic mass is 10.1. The zero-order chi connectivity index (χ0) is 20.7. The van der Waals surface area contributed by atoms with Crippen LogP contribution in [0.2, 0.25) is 5.02 Å². The summed E-state index contributed by atoms with van der Waals surface area (Å²) < 4.78 is 13.5. The van der Waals surface area contributed by atoms with Gasteiger partial charge in [0.1, 0.15) is 12.1 Å². The molecule has 0 unspecified atom stereocenters. The highest BCUT2D eigenvalue weighted by molar-refractivity contribution is 6.33. The molecule has 0 atom stereocenters. The lowest BCUT2D eigenvalue weighted by molar-refractivity contribution is -0.116. The van der Waals surface area contributed by atoms with Gasteiger partial charge in [0.25, 0.3) is 5.56 Å². The molecule has 1 aliphatic rings. The van der Waals surface area contributed by atoms with Crippen LogP contribution in [0, 0.1) is 0 Å². The third-order valence-corrected chi connectivity index (χ3v) is 5.06. The molecule has 1 aliphatic heterocycles. The molecule has 0 saturated heterocycles. The molecule has 9 heteroatoms. The van der Waals surface area contributed by atoms with Gasteiger partial charge in [-0.25, -0.2) is 4.52 Å². The van der Waals surface area contributed by atoms with Gasteiger partial charge in [-0.2, -0.15) is 5.10 Å². The summed E-state index contributed by atoms with van der Waals surface area (Å²) in [5.74, 6) is 0.956. The van der Waals surface area contributed by atoms with E-state index in [1.54, 1.807) is 42.6 Å². The first-order valence-corrected chi connectivity index (χ1v) is 9.49. The van der Waals surface area contributed by atoms with Crippen molar-refractivity contribution in [3.8, 4) is 22.8 Å². The number of hydrogen-bond acceptors (Lipinski definition) is 5. The van der Waals surface area contributed by atoms with Gasteiger partial charge in [-0.15, -0.1) is 0 Å². The summed E-state index contributed by atoms with van der Waals surface area (Å²) in [7, 11) is 0. The molecule has 0 spiro atoms. The van der Waals surface area contributed by atoms with Crippen molar-refractivity contribution in [2.45, 2.75) is 6.54 Å². The van der Waals surface area contributed by atoms with Crippen molar-refractivity contribution < 1.29 is 14.3 Å². The van der Waals surface area contributed by atoms with Crippen LogP contribution >= 0.6 is 11.6 Å². The van der Waals surface area contributed by atoms with Crippen molar-refractivity contribution in [3.63, 3.8) is 0 Å². The average Bonchev–Trinajstić information content (AvgIpc) is 3.38. The van der Waals surface area contributed by atoms with Gasteiger partial charge in [0.05, 0.1) is 16.4 Å². The number of nitrogens with zero attached hydrogens (tertiary/aromatic N) is 3. The maximum absolute atomic E-state index is 12.9. The molecule has 150 valence electrons. The Morgan fingerprint density at radius 2 is 1.93 bits per heavy atom. The first-order valence-electron chi connectivity index (χ1n) is 9.12. The Hall–Kier alpha value is -3.78. The minimum atomic E-state index is -0.356. The van der Waals surface area contributed by atoms with Crippen LogP contribution in [-0.4, -0.2) is 26.9 Å². The number of amides is 1. The molecule has 0 fully saturated rings. The van der Waals surface area contributed by atoms with Gasteiger partial charge in [0.2, 0.25) is 12.7 Å². The van der Waals surface area contributed by atoms with Gasteiger partial charge in [-0.1, -0.05) is 23.7 Å². The molecule has 2 aromatic carbocycles. The molecule has 0 bridgehead atoms. The standard InChI is InChI=1S/C21H15ClN4O4/c22-14-3-1-2-4-15(14)23-20(27)11-25-7-8-26-17(21(25)28)10-16(24-26)13-5-6-18-19(9-13)30-12-29-18/h1-10H,11-12H2,(H,23,27). The van der Waals surface area contributed by atoms with Crippen molar-refractivity contribution in [2.24, 2.45) is 0 Å². The molecule has 0 radical (unpaired) electrons. The lowest BCUT2D eigenvalue weighted by Gasteiger charge is -2.08. The maximum Gasteiger partial charge on any atom is 0.277 e. The number of hydrogen-bond donors (Lipinski definition) is 1. The highest BCUT2D eigenvalue weighted by Gasteiger charge is 2.16. The van der Waals surface area contributed by atoms with Crippen molar-refractivity contribution in [1.82, 2.24) is 14.2 Å². The average molecular weight is 423 g/mol. The number of benzene rings is 2. The molecule has 5 rings (SSSR count). The topological polar surface area (TPSA) is 86.9 Å². The van der Waals surface area contributed by atoms with E-state index < -0.39 is 0 Å². The van der Waals surface area contributed by atoms with E-state index in [0.717, 1.165) is 5.56 Å². The molecule has 1 N–H and O–H groups in total. The third-order valence-electron chi connectivity index (χ3n) is 4.73. The number of aromatic nitrogens is 3. The fourth-order valence-electron chi connectivity index (χ4n) is 3.25. The van der Waals surface area contributed by atoms with Crippen LogP contribution in [0.15, 0.2) is 65.7 Å². The first kappa shape index (κ1) is 18.3. The van der Waals surface area contributed by atoms with E-state index in [0.29, 0.717) is 33.4 Å². The molecule has 0 aliphatic carbocycles. The van der Waals surface area contributed by atoms with E-state index in [-0.39, 0.29) is 24.8 Å². The number of anilines is 1. The highest BCUT2D eigenvalue weighted by atomic mass is 35.5. The largest absolute Gasteiger partial charge is 0.454 e. The summed E-state index contributed by atoms with van der Waals surface area (Å²) in [5, 5.41) is 7.60. The van der Waals surface area contributed by atoms with E-state index in [1.165, 1.54) is 15.3 Å². The molecule has 1 amide bonds. The van der Waals surface area contributed by atoms with E-state index in [4.69, 9.17) is 21.1 Å². The summed E-state index contributed by atoms with van der Waals surface area (Å²) in [4.78, 5) is 25.2. The number of rotatable bonds is 4. The first-order chi connectivity index (χ1) is 14.6. The van der Waals surface area contributed by atoms with Gasteiger partial charge in [-0.3, -0.25) is 9.59 Å². The monoisotopic (exact) mass is 422 g/mol. The molecule has 30 heavy (non-hydrogen) atoms. The second-order valence-electron chi connectivity index (χ2n) is 6.69. The summed E-state index contributed by atoms with van der Waals surface area (Å²) in [6.45, 7) is 0.0377. The molecule has 4 aromatic rings. The Morgan fingerprint density at radius 1 is 1.10 bits per heavy atom. The predicted octanol–water partition coefficient (Wildman–Crippen LogP) is 3.18. The fraction of sp³-hybridized carbons (Fsp3) is 0.0952. The highest BCUT2D eigenvalue weighted by Crippen LogP contribution is 2.35. The van der Waals surface area contributed by atoms with Gasteiger partial charge < -0.3 is 19.4 Å². The Kier molecular flexibility index (Phi) is 4.40. The number of para-hydroxylation sites is 1. The Morgan fingerprint density at radius 3 is 2.80 bits per heavy atom. The van der Waals surface area contributed by atoms with Crippen LogP contribution in [0.4, 0.5) is 5.69 Å². The maximum atomic E-state index is 12.9. The molecule has 2 aromatic heterocycles. The van der Waals surface area contributed by atoms with Gasteiger partial charge in [0, 0.05) is 18.0 Å². The quantitative estimate of drug-likeness (QED) is 0.545. The van der Waals surface area contributed by atoms with Crippen LogP contribution < -0.4 is 20.3 Å². The van der Waals surface area contributed by atoms with Crippen molar-refractivity contribution in [3.05, 3.63) is 76.3 Å². The van der Waals surface area contributed by atoms with Crippen LogP contribution in [0.25, 0.3) is 16.8 Å². The second kappa shape index (κ2) is 7.23. The van der Waals surface area contributed by atoms with E-state index in [2.05, 4.69) is 10.4 Å². The zero-order valence-electron chi connectivity index (χ0n) is 15.5. The van der Waals surface area contributed by atoms with E-state index in [1.807, 2.05) is 12.1 Å². The smallest absolute Gasteiger partial charge is 0.277 e.